The van der Waals surface area contributed by atoms with Gasteiger partial charge in [-0.1, -0.05) is 23.7 Å². The third-order valence-electron chi connectivity index (χ3n) is 7.74. The van der Waals surface area contributed by atoms with Crippen molar-refractivity contribution in [1.29, 1.82) is 0 Å². The number of aliphatic hydroxyl groups excluding tert-OH is 1. The quantitative estimate of drug-likeness (QED) is 0.178. The summed E-state index contributed by atoms with van der Waals surface area (Å²) < 4.78 is 10.8. The molecule has 1 saturated heterocycles. The molecule has 3 aromatic rings. The van der Waals surface area contributed by atoms with Crippen molar-refractivity contribution in [2.75, 3.05) is 39.6 Å². The number of thioether (sulfide) groups is 1. The summed E-state index contributed by atoms with van der Waals surface area (Å²) >= 11 is 8.30. The van der Waals surface area contributed by atoms with Crippen LogP contribution < -0.4 is 9.47 Å². The van der Waals surface area contributed by atoms with Crippen molar-refractivity contribution < 1.29 is 24.5 Å². The Balaban J connectivity index is 1.34. The van der Waals surface area contributed by atoms with Gasteiger partial charge in [0.15, 0.2) is 0 Å². The van der Waals surface area contributed by atoms with Gasteiger partial charge in [-0.05, 0) is 93.2 Å². The van der Waals surface area contributed by atoms with Crippen LogP contribution in [0.15, 0.2) is 53.6 Å². The normalized spacial score (nSPS) is 16.2. The van der Waals surface area contributed by atoms with E-state index in [0.717, 1.165) is 66.2 Å². The summed E-state index contributed by atoms with van der Waals surface area (Å²) in [6, 6.07) is 13.6. The van der Waals surface area contributed by atoms with Crippen LogP contribution in [0.3, 0.4) is 0 Å². The maximum absolute atomic E-state index is 11.8. The molecule has 9 heteroatoms. The first-order valence-corrected chi connectivity index (χ1v) is 14.7. The Morgan fingerprint density at radius 1 is 1.18 bits per heavy atom. The molecule has 2 N–H and O–H groups in total. The molecule has 0 spiro atoms. The molecule has 210 valence electrons. The number of likely N-dealkylation sites (tertiary alicyclic amines) is 1. The minimum absolute atomic E-state index is 0.107. The SMILES string of the molecule is COc1ccc2ncc(Cl)c([C@H](O)CCC3(CC(=O)O)CCN(CCCSc4ccccc4OC)CC3)c2c1. The zero-order valence-corrected chi connectivity index (χ0v) is 24.1. The van der Waals surface area contributed by atoms with Gasteiger partial charge >= 0.3 is 5.97 Å². The number of hydrogen-bond acceptors (Lipinski definition) is 7. The summed E-state index contributed by atoms with van der Waals surface area (Å²) in [5, 5.41) is 22.1. The third kappa shape index (κ3) is 7.57. The number of nitrogens with zero attached hydrogens (tertiary/aromatic N) is 2. The summed E-state index contributed by atoms with van der Waals surface area (Å²) in [4.78, 5) is 19.8. The number of hydrogen-bond donors (Lipinski definition) is 2. The smallest absolute Gasteiger partial charge is 0.303 e. The van der Waals surface area contributed by atoms with Gasteiger partial charge in [0.25, 0.3) is 0 Å². The predicted molar refractivity (Wildman–Crippen MR) is 156 cm³/mol. The van der Waals surface area contributed by atoms with Crippen LogP contribution >= 0.6 is 23.4 Å². The van der Waals surface area contributed by atoms with E-state index in [0.29, 0.717) is 29.2 Å². The van der Waals surface area contributed by atoms with E-state index in [2.05, 4.69) is 16.0 Å². The molecule has 2 heterocycles. The number of pyridine rings is 1. The maximum Gasteiger partial charge on any atom is 0.303 e. The van der Waals surface area contributed by atoms with Crippen LogP contribution in [0, 0.1) is 5.41 Å². The number of carbonyl (C=O) groups is 1. The minimum Gasteiger partial charge on any atom is -0.497 e. The molecule has 0 radical (unpaired) electrons. The van der Waals surface area contributed by atoms with Gasteiger partial charge in [-0.25, -0.2) is 0 Å². The number of methoxy groups -OCH3 is 2. The van der Waals surface area contributed by atoms with Crippen LogP contribution in [-0.2, 0) is 4.79 Å². The number of carboxylic acids is 1. The standard InChI is InChI=1S/C30H37ClN2O5S/c1-37-21-8-9-24-22(18-21)29(23(31)20-32-24)25(34)10-11-30(19-28(35)36)12-15-33(16-13-30)14-5-17-39-27-7-4-3-6-26(27)38-2/h3-4,6-9,18,20,25,34H,5,10-17,19H2,1-2H3,(H,35,36)/t25-/m1/s1. The van der Waals surface area contributed by atoms with Crippen LogP contribution in [0.2, 0.25) is 5.02 Å². The van der Waals surface area contributed by atoms with Crippen molar-refractivity contribution in [3.8, 4) is 11.5 Å². The Kier molecular flexibility index (Phi) is 10.4. The Morgan fingerprint density at radius 3 is 2.67 bits per heavy atom. The van der Waals surface area contributed by atoms with Crippen molar-refractivity contribution in [1.82, 2.24) is 9.88 Å². The second kappa shape index (κ2) is 13.7. The third-order valence-corrected chi connectivity index (χ3v) is 9.18. The van der Waals surface area contributed by atoms with Crippen molar-refractivity contribution in [3.05, 3.63) is 59.2 Å². The zero-order valence-electron chi connectivity index (χ0n) is 22.6. The molecule has 39 heavy (non-hydrogen) atoms. The second-order valence-corrected chi connectivity index (χ2v) is 11.8. The lowest BCUT2D eigenvalue weighted by molar-refractivity contribution is -0.141. The van der Waals surface area contributed by atoms with Crippen LogP contribution in [0.4, 0.5) is 0 Å². The fourth-order valence-corrected chi connectivity index (χ4v) is 6.75. The Morgan fingerprint density at radius 2 is 1.95 bits per heavy atom. The van der Waals surface area contributed by atoms with E-state index in [1.165, 1.54) is 0 Å². The van der Waals surface area contributed by atoms with Crippen molar-refractivity contribution >= 4 is 40.2 Å². The number of benzene rings is 2. The summed E-state index contributed by atoms with van der Waals surface area (Å²) in [6.45, 7) is 2.70. The van der Waals surface area contributed by atoms with Crippen molar-refractivity contribution in [2.24, 2.45) is 5.41 Å². The predicted octanol–water partition coefficient (Wildman–Crippen LogP) is 6.46. The van der Waals surface area contributed by atoms with Crippen LogP contribution in [0.5, 0.6) is 11.5 Å². The first-order valence-electron chi connectivity index (χ1n) is 13.3. The monoisotopic (exact) mass is 572 g/mol. The van der Waals surface area contributed by atoms with Gasteiger partial charge in [0.1, 0.15) is 11.5 Å². The molecule has 1 aromatic heterocycles. The number of ether oxygens (including phenoxy) is 2. The number of aliphatic hydroxyl groups is 1. The number of fused-ring (bicyclic) bond motifs is 1. The number of carboxylic acid groups (broad SMARTS) is 1. The lowest BCUT2D eigenvalue weighted by atomic mass is 9.71. The van der Waals surface area contributed by atoms with E-state index in [-0.39, 0.29) is 11.8 Å². The summed E-state index contributed by atoms with van der Waals surface area (Å²) in [6.07, 6.45) is 4.52. The molecular formula is C30H37ClN2O5S. The topological polar surface area (TPSA) is 92.1 Å². The van der Waals surface area contributed by atoms with E-state index in [1.807, 2.05) is 36.4 Å². The van der Waals surface area contributed by atoms with E-state index in [4.69, 9.17) is 21.1 Å². The Bertz CT molecular complexity index is 1270. The van der Waals surface area contributed by atoms with Gasteiger partial charge in [-0.2, -0.15) is 0 Å². The average molecular weight is 573 g/mol. The van der Waals surface area contributed by atoms with Gasteiger partial charge in [0.2, 0.25) is 0 Å². The highest BCUT2D eigenvalue weighted by Gasteiger charge is 2.37. The zero-order chi connectivity index (χ0) is 27.8. The first kappa shape index (κ1) is 29.5. The average Bonchev–Trinajstić information content (AvgIpc) is 2.94. The molecule has 1 atom stereocenters. The molecule has 0 saturated carbocycles. The van der Waals surface area contributed by atoms with E-state index in [1.54, 1.807) is 32.2 Å². The second-order valence-electron chi connectivity index (χ2n) is 10.2. The lowest BCUT2D eigenvalue weighted by Crippen LogP contribution is -2.41. The maximum atomic E-state index is 11.8. The number of rotatable bonds is 13. The number of aromatic nitrogens is 1. The van der Waals surface area contributed by atoms with Crippen molar-refractivity contribution in [3.63, 3.8) is 0 Å². The molecule has 1 aliphatic rings. The number of halogens is 1. The van der Waals surface area contributed by atoms with Gasteiger partial charge in [0, 0.05) is 22.0 Å². The molecule has 1 fully saturated rings. The summed E-state index contributed by atoms with van der Waals surface area (Å²) in [5.74, 6) is 1.77. The van der Waals surface area contributed by atoms with Gasteiger partial charge in [-0.3, -0.25) is 9.78 Å². The van der Waals surface area contributed by atoms with Crippen LogP contribution in [0.1, 0.15) is 50.2 Å². The molecule has 0 bridgehead atoms. The molecule has 7 nitrogen and oxygen atoms in total. The molecular weight excluding hydrogens is 536 g/mol. The summed E-state index contributed by atoms with van der Waals surface area (Å²) in [7, 11) is 3.29. The van der Waals surface area contributed by atoms with Gasteiger partial charge in [-0.15, -0.1) is 11.8 Å². The van der Waals surface area contributed by atoms with E-state index >= 15 is 0 Å². The first-order chi connectivity index (χ1) is 18.8. The van der Waals surface area contributed by atoms with Crippen LogP contribution in [0.25, 0.3) is 10.9 Å². The number of aliphatic carboxylic acids is 1. The Hall–Kier alpha value is -2.52. The van der Waals surface area contributed by atoms with Crippen LogP contribution in [-0.4, -0.2) is 65.7 Å². The number of para-hydroxylation sites is 1. The highest BCUT2D eigenvalue weighted by Crippen LogP contribution is 2.43. The lowest BCUT2D eigenvalue weighted by Gasteiger charge is -2.41. The fourth-order valence-electron chi connectivity index (χ4n) is 5.52. The molecule has 4 rings (SSSR count). The minimum atomic E-state index is -0.828. The van der Waals surface area contributed by atoms with Gasteiger partial charge in [0.05, 0.1) is 37.3 Å². The highest BCUT2D eigenvalue weighted by atomic mass is 35.5. The highest BCUT2D eigenvalue weighted by molar-refractivity contribution is 7.99. The number of piperidine rings is 1. The fraction of sp³-hybridized carbons (Fsp3) is 0.467. The molecule has 0 unspecified atom stereocenters. The molecule has 0 amide bonds. The van der Waals surface area contributed by atoms with E-state index in [9.17, 15) is 15.0 Å². The molecule has 0 aliphatic carbocycles. The van der Waals surface area contributed by atoms with Crippen molar-refractivity contribution in [2.45, 2.75) is 49.5 Å². The van der Waals surface area contributed by atoms with Gasteiger partial charge < -0.3 is 24.6 Å². The van der Waals surface area contributed by atoms with E-state index < -0.39 is 12.1 Å². The summed E-state index contributed by atoms with van der Waals surface area (Å²) in [5.41, 5.74) is 1.00. The molecule has 1 aliphatic heterocycles. The molecule has 2 aromatic carbocycles. The largest absolute Gasteiger partial charge is 0.497 e. The Labute approximate surface area is 239 Å².